The monoisotopic (exact) mass is 210 g/mol. The van der Waals surface area contributed by atoms with E-state index in [1.807, 2.05) is 0 Å². The molecule has 0 aliphatic heterocycles. The molecular weight excluding hydrogens is 192 g/mol. The van der Waals surface area contributed by atoms with E-state index in [-0.39, 0.29) is 12.0 Å². The molecule has 84 valence electrons. The molecule has 0 aliphatic carbocycles. The van der Waals surface area contributed by atoms with E-state index in [1.54, 1.807) is 19.3 Å². The molecule has 0 radical (unpaired) electrons. The van der Waals surface area contributed by atoms with Crippen molar-refractivity contribution in [2.24, 2.45) is 0 Å². The van der Waals surface area contributed by atoms with Gasteiger partial charge in [-0.05, 0) is 6.92 Å². The lowest BCUT2D eigenvalue weighted by Crippen LogP contribution is -2.17. The molecule has 0 fully saturated rings. The Hall–Kier alpha value is -1.16. The Kier molecular flexibility index (Phi) is 3.63. The lowest BCUT2D eigenvalue weighted by molar-refractivity contribution is 0.122. The van der Waals surface area contributed by atoms with Crippen LogP contribution in [0.5, 0.6) is 5.75 Å². The molecule has 1 N–H and O–H groups in total. The van der Waals surface area contributed by atoms with E-state index in [1.165, 1.54) is 0 Å². The topological polar surface area (TPSA) is 55.2 Å². The molecule has 1 rings (SSSR count). The normalized spacial score (nSPS) is 13.7. The fraction of sp³-hybridized carbons (Fsp3) is 0.636. The first-order valence-corrected chi connectivity index (χ1v) is 5.03. The average molecular weight is 210 g/mol. The third-order valence-corrected chi connectivity index (χ3v) is 1.79. The molecule has 4 nitrogen and oxygen atoms in total. The summed E-state index contributed by atoms with van der Waals surface area (Å²) in [6, 6.07) is 0. The minimum Gasteiger partial charge on any atom is -0.488 e. The van der Waals surface area contributed by atoms with Crippen molar-refractivity contribution < 1.29 is 9.84 Å². The van der Waals surface area contributed by atoms with Crippen molar-refractivity contribution in [3.8, 4) is 5.75 Å². The van der Waals surface area contributed by atoms with Crippen molar-refractivity contribution in [1.82, 2.24) is 9.97 Å². The number of aliphatic hydroxyl groups excluding tert-OH is 1. The van der Waals surface area contributed by atoms with Gasteiger partial charge in [0.1, 0.15) is 12.4 Å². The summed E-state index contributed by atoms with van der Waals surface area (Å²) < 4.78 is 5.26. The summed E-state index contributed by atoms with van der Waals surface area (Å²) in [5.41, 5.74) is -0.0528. The van der Waals surface area contributed by atoms with Gasteiger partial charge in [-0.2, -0.15) is 0 Å². The highest BCUT2D eigenvalue weighted by atomic mass is 16.5. The molecule has 1 atom stereocenters. The summed E-state index contributed by atoms with van der Waals surface area (Å²) in [6.45, 7) is 8.10. The molecule has 15 heavy (non-hydrogen) atoms. The lowest BCUT2D eigenvalue weighted by Gasteiger charge is -2.16. The van der Waals surface area contributed by atoms with Gasteiger partial charge in [0, 0.05) is 5.41 Å². The van der Waals surface area contributed by atoms with Gasteiger partial charge in [0.2, 0.25) is 0 Å². The van der Waals surface area contributed by atoms with E-state index in [4.69, 9.17) is 9.84 Å². The number of hydrogen-bond donors (Lipinski definition) is 1. The van der Waals surface area contributed by atoms with Crippen LogP contribution in [0, 0.1) is 0 Å². The van der Waals surface area contributed by atoms with Crippen molar-refractivity contribution in [3.05, 3.63) is 18.2 Å². The average Bonchev–Trinajstić information content (AvgIpc) is 2.14. The molecule has 1 aromatic rings. The molecule has 0 aromatic carbocycles. The predicted octanol–water partition coefficient (Wildman–Crippen LogP) is 1.53. The molecule has 0 spiro atoms. The second kappa shape index (κ2) is 4.57. The zero-order valence-corrected chi connectivity index (χ0v) is 9.69. The number of hydrogen-bond acceptors (Lipinski definition) is 4. The van der Waals surface area contributed by atoms with Gasteiger partial charge in [0.05, 0.1) is 18.5 Å². The Bertz CT molecular complexity index is 301. The van der Waals surface area contributed by atoms with Crippen LogP contribution in [0.25, 0.3) is 0 Å². The van der Waals surface area contributed by atoms with Gasteiger partial charge >= 0.3 is 0 Å². The van der Waals surface area contributed by atoms with Gasteiger partial charge in [0.25, 0.3) is 0 Å². The van der Waals surface area contributed by atoms with Crippen LogP contribution in [0.15, 0.2) is 12.4 Å². The summed E-state index contributed by atoms with van der Waals surface area (Å²) in [7, 11) is 0. The van der Waals surface area contributed by atoms with Crippen LogP contribution in [-0.4, -0.2) is 27.8 Å². The molecule has 0 bridgehead atoms. The van der Waals surface area contributed by atoms with Gasteiger partial charge in [0.15, 0.2) is 5.75 Å². The van der Waals surface area contributed by atoms with E-state index in [2.05, 4.69) is 30.7 Å². The van der Waals surface area contributed by atoms with Crippen LogP contribution in [0.3, 0.4) is 0 Å². The van der Waals surface area contributed by atoms with Crippen LogP contribution in [0.2, 0.25) is 0 Å². The SMILES string of the molecule is CC(O)COc1cnc(C(C)(C)C)nc1. The fourth-order valence-electron chi connectivity index (χ4n) is 0.995. The van der Waals surface area contributed by atoms with Crippen LogP contribution >= 0.6 is 0 Å². The smallest absolute Gasteiger partial charge is 0.156 e. The highest BCUT2D eigenvalue weighted by Gasteiger charge is 2.16. The number of ether oxygens (including phenoxy) is 1. The summed E-state index contributed by atoms with van der Waals surface area (Å²) in [4.78, 5) is 8.42. The molecular formula is C11H18N2O2. The Morgan fingerprint density at radius 1 is 1.33 bits per heavy atom. The highest BCUT2D eigenvalue weighted by molar-refractivity contribution is 5.14. The van der Waals surface area contributed by atoms with E-state index >= 15 is 0 Å². The minimum absolute atomic E-state index is 0.0528. The van der Waals surface area contributed by atoms with Gasteiger partial charge in [-0.1, -0.05) is 20.8 Å². The Balaban J connectivity index is 2.65. The van der Waals surface area contributed by atoms with Crippen LogP contribution in [0.1, 0.15) is 33.5 Å². The fourth-order valence-corrected chi connectivity index (χ4v) is 0.995. The number of nitrogens with zero attached hydrogens (tertiary/aromatic N) is 2. The molecule has 0 aliphatic rings. The molecule has 0 saturated carbocycles. The lowest BCUT2D eigenvalue weighted by atomic mass is 9.96. The van der Waals surface area contributed by atoms with Crippen molar-refractivity contribution in [2.45, 2.75) is 39.2 Å². The molecule has 1 heterocycles. The maximum atomic E-state index is 9.03. The number of aliphatic hydroxyl groups is 1. The van der Waals surface area contributed by atoms with Crippen LogP contribution in [0.4, 0.5) is 0 Å². The van der Waals surface area contributed by atoms with Crippen molar-refractivity contribution in [3.63, 3.8) is 0 Å². The van der Waals surface area contributed by atoms with Crippen molar-refractivity contribution in [1.29, 1.82) is 0 Å². The first-order chi connectivity index (χ1) is 6.89. The maximum Gasteiger partial charge on any atom is 0.156 e. The van der Waals surface area contributed by atoms with E-state index in [0.29, 0.717) is 5.75 Å². The van der Waals surface area contributed by atoms with Gasteiger partial charge < -0.3 is 9.84 Å². The third kappa shape index (κ3) is 3.83. The van der Waals surface area contributed by atoms with E-state index in [9.17, 15) is 0 Å². The van der Waals surface area contributed by atoms with E-state index in [0.717, 1.165) is 5.82 Å². The summed E-state index contributed by atoms with van der Waals surface area (Å²) in [5.74, 6) is 1.37. The second-order valence-corrected chi connectivity index (χ2v) is 4.65. The predicted molar refractivity (Wildman–Crippen MR) is 57.9 cm³/mol. The summed E-state index contributed by atoms with van der Waals surface area (Å²) >= 11 is 0. The van der Waals surface area contributed by atoms with Crippen molar-refractivity contribution in [2.75, 3.05) is 6.61 Å². The molecule has 4 heteroatoms. The molecule has 0 saturated heterocycles. The zero-order valence-electron chi connectivity index (χ0n) is 9.69. The minimum atomic E-state index is -0.479. The van der Waals surface area contributed by atoms with Gasteiger partial charge in [-0.15, -0.1) is 0 Å². The number of aromatic nitrogens is 2. The quantitative estimate of drug-likeness (QED) is 0.822. The first-order valence-electron chi connectivity index (χ1n) is 5.03. The molecule has 0 amide bonds. The Morgan fingerprint density at radius 2 is 1.87 bits per heavy atom. The molecule has 1 aromatic heterocycles. The molecule has 1 unspecified atom stereocenters. The van der Waals surface area contributed by atoms with Crippen LogP contribution in [-0.2, 0) is 5.41 Å². The standard InChI is InChI=1S/C11H18N2O2/c1-8(14)7-15-9-5-12-10(13-6-9)11(2,3)4/h5-6,8,14H,7H2,1-4H3. The summed E-state index contributed by atoms with van der Waals surface area (Å²) in [6.07, 6.45) is 2.79. The van der Waals surface area contributed by atoms with E-state index < -0.39 is 6.10 Å². The first kappa shape index (κ1) is 11.9. The second-order valence-electron chi connectivity index (χ2n) is 4.65. The van der Waals surface area contributed by atoms with Crippen LogP contribution < -0.4 is 4.74 Å². The Labute approximate surface area is 90.3 Å². The van der Waals surface area contributed by atoms with Crippen molar-refractivity contribution >= 4 is 0 Å². The number of rotatable bonds is 3. The van der Waals surface area contributed by atoms with Gasteiger partial charge in [-0.3, -0.25) is 0 Å². The third-order valence-electron chi connectivity index (χ3n) is 1.79. The highest BCUT2D eigenvalue weighted by Crippen LogP contribution is 2.18. The largest absolute Gasteiger partial charge is 0.488 e. The Morgan fingerprint density at radius 3 is 2.27 bits per heavy atom. The summed E-state index contributed by atoms with van der Waals surface area (Å²) in [5, 5.41) is 9.03. The maximum absolute atomic E-state index is 9.03. The van der Waals surface area contributed by atoms with Gasteiger partial charge in [-0.25, -0.2) is 9.97 Å². The zero-order chi connectivity index (χ0) is 11.5.